The number of hydrogen-bond acceptors (Lipinski definition) is 1. The van der Waals surface area contributed by atoms with Gasteiger partial charge >= 0.3 is 51.4 Å². The summed E-state index contributed by atoms with van der Waals surface area (Å²) in [6.45, 7) is 1.97. The molecule has 4 fully saturated rings. The summed E-state index contributed by atoms with van der Waals surface area (Å²) in [5.41, 5.74) is -0.548. The number of rotatable bonds is 0. The molecule has 0 heterocycles. The van der Waals surface area contributed by atoms with E-state index in [1.807, 2.05) is 6.92 Å². The van der Waals surface area contributed by atoms with Crippen LogP contribution in [0.2, 0.25) is 0 Å². The van der Waals surface area contributed by atoms with Crippen LogP contribution < -0.4 is 56.5 Å². The smallest absolute Gasteiger partial charge is 0.849 e. The van der Waals surface area contributed by atoms with E-state index in [9.17, 15) is 5.11 Å². The van der Waals surface area contributed by atoms with Crippen LogP contribution in [0.5, 0.6) is 0 Å². The molecule has 0 radical (unpaired) electrons. The van der Waals surface area contributed by atoms with Crippen molar-refractivity contribution in [2.45, 2.75) is 44.6 Å². The van der Waals surface area contributed by atoms with Crippen LogP contribution in [-0.2, 0) is 0 Å². The summed E-state index contributed by atoms with van der Waals surface area (Å²) >= 11 is 0. The Morgan fingerprint density at radius 1 is 0.923 bits per heavy atom. The maximum Gasteiger partial charge on any atom is 1.00 e. The van der Waals surface area contributed by atoms with Gasteiger partial charge in [0.05, 0.1) is 0 Å². The molecule has 13 heavy (non-hydrogen) atoms. The second-order valence-electron chi connectivity index (χ2n) is 5.49. The zero-order chi connectivity index (χ0) is 8.34. The van der Waals surface area contributed by atoms with E-state index in [1.54, 1.807) is 0 Å². The summed E-state index contributed by atoms with van der Waals surface area (Å²) in [6.07, 6.45) is 6.48. The molecular weight excluding hydrogens is 187 g/mol. The van der Waals surface area contributed by atoms with E-state index in [0.29, 0.717) is 11.8 Å². The Labute approximate surface area is 123 Å². The minimum absolute atomic E-state index is 0. The van der Waals surface area contributed by atoms with Gasteiger partial charge in [0.15, 0.2) is 0 Å². The Kier molecular flexibility index (Phi) is 3.04. The van der Waals surface area contributed by atoms with Crippen LogP contribution in [0.4, 0.5) is 0 Å². The first-order valence-electron chi connectivity index (χ1n) is 5.36. The van der Waals surface area contributed by atoms with Gasteiger partial charge in [-0.2, -0.15) is 0 Å². The van der Waals surface area contributed by atoms with Crippen LogP contribution >= 0.6 is 0 Å². The minimum Gasteiger partial charge on any atom is -0.849 e. The van der Waals surface area contributed by atoms with Crippen LogP contribution in [-0.4, -0.2) is 5.60 Å². The average molecular weight is 204 g/mol. The molecule has 4 rings (SSSR count). The molecule has 4 bridgehead atoms. The molecule has 0 unspecified atom stereocenters. The second-order valence-corrected chi connectivity index (χ2v) is 5.49. The van der Waals surface area contributed by atoms with Crippen LogP contribution in [0, 0.1) is 23.7 Å². The molecule has 0 aromatic heterocycles. The maximum absolute atomic E-state index is 12.2. The molecule has 0 amide bonds. The Morgan fingerprint density at radius 3 is 1.69 bits per heavy atom. The van der Waals surface area contributed by atoms with Crippen LogP contribution in [0.1, 0.15) is 39.0 Å². The summed E-state index contributed by atoms with van der Waals surface area (Å²) in [5.74, 6) is 2.95. The molecule has 0 aliphatic heterocycles. The van der Waals surface area contributed by atoms with E-state index in [0.717, 1.165) is 11.8 Å². The van der Waals surface area contributed by atoms with Gasteiger partial charge in [0.2, 0.25) is 0 Å². The molecule has 4 aliphatic carbocycles. The second kappa shape index (κ2) is 3.57. The first kappa shape index (κ1) is 11.1. The Bertz CT molecular complexity index is 182. The fourth-order valence-corrected chi connectivity index (χ4v) is 4.12. The standard InChI is InChI=1S/C11H17O.K/c1-11(12)9-3-7-2-8(5-9)6-10(11)4-7;/h7-10H,2-6H2,1H3;/q-1;+1. The van der Waals surface area contributed by atoms with E-state index in [4.69, 9.17) is 0 Å². The topological polar surface area (TPSA) is 23.1 Å². The molecule has 0 N–H and O–H groups in total. The molecular formula is C11H17KO. The summed E-state index contributed by atoms with van der Waals surface area (Å²) in [6, 6.07) is 0. The van der Waals surface area contributed by atoms with Crippen molar-refractivity contribution in [1.82, 2.24) is 0 Å². The summed E-state index contributed by atoms with van der Waals surface area (Å²) < 4.78 is 0. The van der Waals surface area contributed by atoms with Crippen molar-refractivity contribution in [3.63, 3.8) is 0 Å². The molecule has 4 saturated carbocycles. The van der Waals surface area contributed by atoms with Gasteiger partial charge in [-0.1, -0.05) is 18.8 Å². The number of hydrogen-bond donors (Lipinski definition) is 0. The summed E-state index contributed by atoms with van der Waals surface area (Å²) in [4.78, 5) is 0. The molecule has 0 spiro atoms. The first-order chi connectivity index (χ1) is 5.66. The van der Waals surface area contributed by atoms with Gasteiger partial charge in [0.25, 0.3) is 0 Å². The van der Waals surface area contributed by atoms with Crippen molar-refractivity contribution >= 4 is 0 Å². The fourth-order valence-electron chi connectivity index (χ4n) is 4.12. The minimum atomic E-state index is -0.548. The van der Waals surface area contributed by atoms with Crippen molar-refractivity contribution in [3.8, 4) is 0 Å². The zero-order valence-corrected chi connectivity index (χ0v) is 11.9. The van der Waals surface area contributed by atoms with Gasteiger partial charge in [-0.05, 0) is 43.9 Å². The third-order valence-electron chi connectivity index (χ3n) is 4.76. The maximum atomic E-state index is 12.2. The van der Waals surface area contributed by atoms with Crippen LogP contribution in [0.25, 0.3) is 0 Å². The molecule has 0 aromatic carbocycles. The van der Waals surface area contributed by atoms with Gasteiger partial charge in [-0.25, -0.2) is 0 Å². The van der Waals surface area contributed by atoms with Crippen molar-refractivity contribution in [2.75, 3.05) is 0 Å². The molecule has 2 heteroatoms. The molecule has 68 valence electrons. The van der Waals surface area contributed by atoms with E-state index in [1.165, 1.54) is 32.1 Å². The molecule has 4 aliphatic rings. The van der Waals surface area contributed by atoms with Crippen LogP contribution in [0.15, 0.2) is 0 Å². The summed E-state index contributed by atoms with van der Waals surface area (Å²) in [7, 11) is 0. The quantitative estimate of drug-likeness (QED) is 0.444. The van der Waals surface area contributed by atoms with Crippen molar-refractivity contribution < 1.29 is 56.5 Å². The largest absolute Gasteiger partial charge is 1.00 e. The van der Waals surface area contributed by atoms with E-state index in [2.05, 4.69) is 0 Å². The van der Waals surface area contributed by atoms with Gasteiger partial charge in [0.1, 0.15) is 0 Å². The van der Waals surface area contributed by atoms with E-state index in [-0.39, 0.29) is 51.4 Å². The third kappa shape index (κ3) is 1.62. The fraction of sp³-hybridized carbons (Fsp3) is 1.00. The molecule has 0 aromatic rings. The van der Waals surface area contributed by atoms with Gasteiger partial charge < -0.3 is 5.11 Å². The van der Waals surface area contributed by atoms with Gasteiger partial charge in [-0.3, -0.25) is 0 Å². The first-order valence-corrected chi connectivity index (χ1v) is 5.36. The Hall–Kier alpha value is 1.60. The van der Waals surface area contributed by atoms with Crippen molar-refractivity contribution in [2.24, 2.45) is 23.7 Å². The monoisotopic (exact) mass is 204 g/mol. The average Bonchev–Trinajstić information content (AvgIpc) is 1.99. The molecule has 0 saturated heterocycles. The summed E-state index contributed by atoms with van der Waals surface area (Å²) in [5, 5.41) is 12.2. The zero-order valence-electron chi connectivity index (χ0n) is 8.75. The Morgan fingerprint density at radius 2 is 1.31 bits per heavy atom. The van der Waals surface area contributed by atoms with Crippen molar-refractivity contribution in [3.05, 3.63) is 0 Å². The van der Waals surface area contributed by atoms with Crippen molar-refractivity contribution in [1.29, 1.82) is 0 Å². The van der Waals surface area contributed by atoms with Crippen LogP contribution in [0.3, 0.4) is 0 Å². The Balaban J connectivity index is 0.000000653. The third-order valence-corrected chi connectivity index (χ3v) is 4.76. The predicted octanol–water partition coefficient (Wildman–Crippen LogP) is -1.43. The normalized spacial score (nSPS) is 57.7. The van der Waals surface area contributed by atoms with E-state index < -0.39 is 5.60 Å². The van der Waals surface area contributed by atoms with Gasteiger partial charge in [-0.15, -0.1) is 5.60 Å². The predicted molar refractivity (Wildman–Crippen MR) is 45.5 cm³/mol. The van der Waals surface area contributed by atoms with Gasteiger partial charge in [0, 0.05) is 0 Å². The van der Waals surface area contributed by atoms with E-state index >= 15 is 0 Å². The molecule has 0 atom stereocenters. The molecule has 1 nitrogen and oxygen atoms in total. The SMILES string of the molecule is CC1([O-])C2CC3CC(C2)CC1C3.[K+].